The van der Waals surface area contributed by atoms with Gasteiger partial charge in [0.05, 0.1) is 82.5 Å². The number of amides is 4. The molecule has 4 spiro atoms. The fourth-order valence-corrected chi connectivity index (χ4v) is 19.6. The van der Waals surface area contributed by atoms with E-state index in [2.05, 4.69) is 48.7 Å². The average molecular weight is 1800 g/mol. The summed E-state index contributed by atoms with van der Waals surface area (Å²) in [5.74, 6) is 3.16. The standard InChI is InChI=1S/C27H27N3O3.C26H29N3O4.C24H19Cl2N5O2.C23H20ClFN2O3.H2/c1-18(2)25(31)19-7-9-20(10-8-19)26(32)29-15-13-27(14-16-29)24-12-11-21(17-28)30(24)22-5-3-4-6-23(22)33-27;1-17(2)32-22-9-8-18(14-19(22)16-30)25(31)29-12-10-26(11-13-29)21-15-27-28(3)24(21)20-6-4-5-7-23(20)33-26;25-16-3-6-20-21(12-16)33-24(22-2-1-9-31(20)22)7-10-29(11-8-24)23(32)18-5-4-17(13-19(18)26)30-14-27-28-15-30;1-29-19-13-15(4-6-17(19)25)22(28)26-11-8-23(9-12-26)21-3-2-10-27(21)18-7-5-16(24)14-20(18)30-23;/h3-12,18,25,31H,13-16H2,1-2H3;4-9,14-15,17,30H,10-13,16H2,1-3H3;1-6,9,12-15H,7-8,10-11H2;2-7,10,13-14H,8-9,11-12H2,1H3;1H. The molecule has 8 aromatic carbocycles. The number of aromatic nitrogens is 8. The zero-order valence-corrected chi connectivity index (χ0v) is 74.3. The summed E-state index contributed by atoms with van der Waals surface area (Å²) in [6.45, 7) is 12.1. The number of likely N-dealkylation sites (tertiary alicyclic amines) is 4. The van der Waals surface area contributed by atoms with Crippen molar-refractivity contribution >= 4 is 58.4 Å². The number of aliphatic hydroxyl groups excluding tert-OH is 2. The molecule has 13 aromatic rings. The molecule has 4 saturated heterocycles. The van der Waals surface area contributed by atoms with Crippen LogP contribution in [0, 0.1) is 23.1 Å². The lowest BCUT2D eigenvalue weighted by Gasteiger charge is -2.45. The highest BCUT2D eigenvalue weighted by molar-refractivity contribution is 6.34. The second kappa shape index (κ2) is 35.5. The number of rotatable bonds is 11. The summed E-state index contributed by atoms with van der Waals surface area (Å²) in [4.78, 5) is 60.0. The summed E-state index contributed by atoms with van der Waals surface area (Å²) in [5, 5.41) is 43.4. The van der Waals surface area contributed by atoms with E-state index in [1.165, 1.54) is 25.3 Å². The third-order valence-corrected chi connectivity index (χ3v) is 26.6. The maximum Gasteiger partial charge on any atom is 0.255 e. The van der Waals surface area contributed by atoms with Gasteiger partial charge in [0.25, 0.3) is 23.6 Å². The van der Waals surface area contributed by atoms with Crippen molar-refractivity contribution in [3.05, 3.63) is 314 Å². The predicted octanol–water partition coefficient (Wildman–Crippen LogP) is 18.4. The Morgan fingerprint density at radius 1 is 0.535 bits per heavy atom. The van der Waals surface area contributed by atoms with Crippen molar-refractivity contribution in [2.75, 3.05) is 59.5 Å². The van der Waals surface area contributed by atoms with Crippen molar-refractivity contribution in [1.29, 1.82) is 5.26 Å². The Morgan fingerprint density at radius 2 is 1.05 bits per heavy atom. The lowest BCUT2D eigenvalue weighted by molar-refractivity contribution is -0.00981. The molecule has 0 aliphatic carbocycles. The first-order valence-corrected chi connectivity index (χ1v) is 44.4. The molecule has 5 aromatic heterocycles. The van der Waals surface area contributed by atoms with Crippen LogP contribution in [0.25, 0.3) is 34.0 Å². The molecule has 8 aliphatic rings. The number of carbonyl (C=O) groups is 4. The van der Waals surface area contributed by atoms with E-state index in [0.717, 1.165) is 85.2 Å². The van der Waals surface area contributed by atoms with Crippen molar-refractivity contribution in [2.45, 2.75) is 120 Å². The maximum atomic E-state index is 13.7. The van der Waals surface area contributed by atoms with Crippen LogP contribution >= 0.6 is 34.8 Å². The van der Waals surface area contributed by atoms with Crippen molar-refractivity contribution in [2.24, 2.45) is 13.0 Å². The summed E-state index contributed by atoms with van der Waals surface area (Å²) < 4.78 is 60.6. The highest BCUT2D eigenvalue weighted by atomic mass is 35.5. The molecule has 129 heavy (non-hydrogen) atoms. The monoisotopic (exact) mass is 1800 g/mol. The number of hydrogen-bond acceptors (Lipinski definition) is 16. The Labute approximate surface area is 761 Å². The van der Waals surface area contributed by atoms with E-state index >= 15 is 0 Å². The first-order valence-electron chi connectivity index (χ1n) is 43.3. The van der Waals surface area contributed by atoms with Crippen molar-refractivity contribution in [3.8, 4) is 74.6 Å². The largest absolute Gasteiger partial charge is 0.494 e. The zero-order valence-electron chi connectivity index (χ0n) is 72.0. The Morgan fingerprint density at radius 3 is 1.60 bits per heavy atom. The number of nitrogens with zero attached hydrogens (tertiary/aromatic N) is 13. The molecule has 2 N–H and O–H groups in total. The number of methoxy groups -OCH3 is 1. The van der Waals surface area contributed by atoms with Crippen molar-refractivity contribution in [3.63, 3.8) is 0 Å². The van der Waals surface area contributed by atoms with Crippen LogP contribution in [0.3, 0.4) is 0 Å². The smallest absolute Gasteiger partial charge is 0.255 e. The van der Waals surface area contributed by atoms with Crippen molar-refractivity contribution in [1.82, 2.24) is 57.8 Å². The van der Waals surface area contributed by atoms with Gasteiger partial charge in [0.1, 0.15) is 58.8 Å². The van der Waals surface area contributed by atoms with E-state index in [-0.39, 0.29) is 49.4 Å². The molecule has 13 heterocycles. The van der Waals surface area contributed by atoms with E-state index in [9.17, 15) is 39.0 Å². The third kappa shape index (κ3) is 16.4. The van der Waals surface area contributed by atoms with Crippen LogP contribution in [0.5, 0.6) is 34.5 Å². The second-order valence-electron chi connectivity index (χ2n) is 34.2. The molecule has 1 unspecified atom stereocenters. The molecule has 8 aliphatic heterocycles. The van der Waals surface area contributed by atoms with Gasteiger partial charge in [-0.05, 0) is 177 Å². The molecular formula is C100H97Cl3FN13O12. The number of ether oxygens (including phenoxy) is 6. The molecule has 0 bridgehead atoms. The molecule has 1 atom stereocenters. The molecule has 21 rings (SSSR count). The van der Waals surface area contributed by atoms with Gasteiger partial charge >= 0.3 is 0 Å². The fourth-order valence-electron chi connectivity index (χ4n) is 19.1. The van der Waals surface area contributed by atoms with Gasteiger partial charge in [0.15, 0.2) is 28.4 Å². The summed E-state index contributed by atoms with van der Waals surface area (Å²) in [6, 6.07) is 63.6. The second-order valence-corrected chi connectivity index (χ2v) is 35.5. The molecule has 662 valence electrons. The number of benzene rings is 8. The predicted molar refractivity (Wildman–Crippen MR) is 486 cm³/mol. The van der Waals surface area contributed by atoms with Crippen LogP contribution in [0.2, 0.25) is 15.1 Å². The molecule has 25 nitrogen and oxygen atoms in total. The number of hydrogen-bond donors (Lipinski definition) is 2. The summed E-state index contributed by atoms with van der Waals surface area (Å²) in [5.41, 5.74) is 12.0. The van der Waals surface area contributed by atoms with E-state index in [0.29, 0.717) is 158 Å². The normalized spacial score (nSPS) is 16.6. The first kappa shape index (κ1) is 86.6. The minimum absolute atomic E-state index is 0. The Hall–Kier alpha value is -13.2. The average Bonchev–Trinajstić information content (AvgIpc) is 1.51. The number of piperidine rings is 4. The SMILES string of the molecule is CC(C)C(O)c1ccc(C(=O)N2CCC3(CC2)Oc2ccccc2-n2c(C#N)ccc23)cc1.CC(C)Oc1ccc(C(=O)N2CCC3(CC2)Oc2ccccc2-c2c3cnn2C)cc1CO.COc1cc(C(=O)N2CCC3(CC2)Oc2cc(Cl)ccc2-n2cccc23)ccc1F.O=C(c1ccc(-n2cnnc2)cc1Cl)N1CCC2(CC1)Oc1cc(Cl)ccc1-n1cccc12.[HH]. The van der Waals surface area contributed by atoms with Crippen LogP contribution < -0.4 is 28.4 Å². The molecule has 0 saturated carbocycles. The Bertz CT molecular complexity index is 6470. The number of nitriles is 1. The first-order chi connectivity index (χ1) is 62.4. The lowest BCUT2D eigenvalue weighted by atomic mass is 9.81. The molecule has 4 fully saturated rings. The van der Waals surface area contributed by atoms with Crippen LogP contribution in [0.1, 0.15) is 167 Å². The highest BCUT2D eigenvalue weighted by Gasteiger charge is 2.50. The van der Waals surface area contributed by atoms with Gasteiger partial charge in [-0.15, -0.1) is 10.2 Å². The summed E-state index contributed by atoms with van der Waals surface area (Å²) in [7, 11) is 3.34. The van der Waals surface area contributed by atoms with E-state index < -0.39 is 34.3 Å². The van der Waals surface area contributed by atoms with Gasteiger partial charge in [-0.1, -0.05) is 85.0 Å². The Kier molecular flexibility index (Phi) is 23.8. The number of fused-ring (bicyclic) bond motifs is 16. The topological polar surface area (TPSA) is 264 Å². The summed E-state index contributed by atoms with van der Waals surface area (Å²) in [6.07, 6.45) is 13.9. The minimum atomic E-state index is -0.564. The van der Waals surface area contributed by atoms with Crippen LogP contribution in [-0.4, -0.2) is 157 Å². The van der Waals surface area contributed by atoms with Crippen LogP contribution in [0.4, 0.5) is 4.39 Å². The van der Waals surface area contributed by atoms with Gasteiger partial charge in [-0.25, -0.2) is 4.39 Å². The minimum Gasteiger partial charge on any atom is -0.494 e. The number of carbonyl (C=O) groups excluding carboxylic acids is 4. The van der Waals surface area contributed by atoms with Gasteiger partial charge in [-0.2, -0.15) is 10.4 Å². The Balaban J connectivity index is 0.000000121. The summed E-state index contributed by atoms with van der Waals surface area (Å²) >= 11 is 18.9. The van der Waals surface area contributed by atoms with Gasteiger partial charge in [-0.3, -0.25) is 33.0 Å². The maximum absolute atomic E-state index is 13.7. The van der Waals surface area contributed by atoms with E-state index in [1.54, 1.807) is 64.6 Å². The number of halogens is 4. The molecule has 29 heteroatoms. The van der Waals surface area contributed by atoms with E-state index in [1.807, 2.05) is 199 Å². The lowest BCUT2D eigenvalue weighted by Crippen LogP contribution is -2.50. The highest BCUT2D eigenvalue weighted by Crippen LogP contribution is 2.53. The van der Waals surface area contributed by atoms with E-state index in [4.69, 9.17) is 63.2 Å². The molecule has 0 radical (unpaired) electrons. The number of aryl methyl sites for hydroxylation is 1. The molecular weight excluding hydrogens is 1700 g/mol. The van der Waals surface area contributed by atoms with Gasteiger partial charge < -0.3 is 67.4 Å². The quantitative estimate of drug-likeness (QED) is 0.122. The molecule has 4 amide bonds. The van der Waals surface area contributed by atoms with Gasteiger partial charge in [0, 0.05) is 186 Å². The van der Waals surface area contributed by atoms with Gasteiger partial charge in [0.2, 0.25) is 0 Å². The van der Waals surface area contributed by atoms with Crippen LogP contribution in [0.15, 0.2) is 231 Å². The number of para-hydroxylation sites is 3. The van der Waals surface area contributed by atoms with Crippen molar-refractivity contribution < 1.29 is 63.6 Å². The zero-order chi connectivity index (χ0) is 89.8. The third-order valence-electron chi connectivity index (χ3n) is 25.9. The fraction of sp³-hybridized carbons (Fsp3) is 0.300. The van der Waals surface area contributed by atoms with Crippen LogP contribution in [-0.2, 0) is 36.1 Å². The number of aliphatic hydroxyl groups is 2.